The fraction of sp³-hybridized carbons (Fsp3) is 0.533. The number of carbonyl (C=O) groups excluding carboxylic acids is 1. The number of hydrogen-bond donors (Lipinski definition) is 0. The summed E-state index contributed by atoms with van der Waals surface area (Å²) >= 11 is 3.45. The number of anilines is 1. The lowest BCUT2D eigenvalue weighted by atomic mass is 10.1. The Hall–Kier alpha value is -1.07. The molecule has 1 aliphatic rings. The summed E-state index contributed by atoms with van der Waals surface area (Å²) in [6.45, 7) is 3.29. The monoisotopic (exact) mass is 341 g/mol. The third kappa shape index (κ3) is 3.73. The maximum absolute atomic E-state index is 12.4. The number of ether oxygens (including phenoxy) is 2. The molecule has 0 fully saturated rings. The Morgan fingerprint density at radius 2 is 2.30 bits per heavy atom. The molecule has 0 unspecified atom stereocenters. The third-order valence-electron chi connectivity index (χ3n) is 3.27. The first-order chi connectivity index (χ1) is 9.61. The zero-order chi connectivity index (χ0) is 14.5. The molecule has 1 heterocycles. The van der Waals surface area contributed by atoms with Gasteiger partial charge in [-0.3, -0.25) is 4.79 Å². The summed E-state index contributed by atoms with van der Waals surface area (Å²) in [4.78, 5) is 14.2. The molecule has 1 amide bonds. The second kappa shape index (κ2) is 7.09. The molecular weight excluding hydrogens is 322 g/mol. The number of nitrogens with zero attached hydrogens (tertiary/aromatic N) is 1. The lowest BCUT2D eigenvalue weighted by Gasteiger charge is -2.33. The Bertz CT molecular complexity index is 478. The fourth-order valence-electron chi connectivity index (χ4n) is 2.30. The van der Waals surface area contributed by atoms with Gasteiger partial charge in [-0.15, -0.1) is 0 Å². The van der Waals surface area contributed by atoms with E-state index in [-0.39, 0.29) is 12.0 Å². The molecule has 110 valence electrons. The molecule has 1 aromatic carbocycles. The standard InChI is InChI=1S/C15H20BrNO3/c1-11-10-17(15(18)5-3-4-8-19-2)13-9-12(16)6-7-14(13)20-11/h6-7,9,11H,3-5,8,10H2,1-2H3/t11-/m1/s1. The number of rotatable bonds is 5. The van der Waals surface area contributed by atoms with E-state index < -0.39 is 0 Å². The predicted octanol–water partition coefficient (Wildman–Crippen LogP) is 3.38. The average Bonchev–Trinajstić information content (AvgIpc) is 2.43. The second-order valence-corrected chi connectivity index (χ2v) is 5.91. The number of fused-ring (bicyclic) bond motifs is 1. The molecule has 1 aliphatic heterocycles. The van der Waals surface area contributed by atoms with Crippen LogP contribution in [0.1, 0.15) is 26.2 Å². The average molecular weight is 342 g/mol. The maximum atomic E-state index is 12.4. The van der Waals surface area contributed by atoms with Crippen molar-refractivity contribution < 1.29 is 14.3 Å². The van der Waals surface area contributed by atoms with Gasteiger partial charge in [0.1, 0.15) is 11.9 Å². The summed E-state index contributed by atoms with van der Waals surface area (Å²) in [6.07, 6.45) is 2.32. The number of hydrogen-bond acceptors (Lipinski definition) is 3. The Morgan fingerprint density at radius 3 is 3.05 bits per heavy atom. The first kappa shape index (κ1) is 15.3. The SMILES string of the molecule is COCCCCC(=O)N1C[C@@H](C)Oc2ccc(Br)cc21. The van der Waals surface area contributed by atoms with Crippen LogP contribution in [0.15, 0.2) is 22.7 Å². The molecular formula is C15H20BrNO3. The highest BCUT2D eigenvalue weighted by atomic mass is 79.9. The van der Waals surface area contributed by atoms with E-state index in [2.05, 4.69) is 15.9 Å². The number of amides is 1. The van der Waals surface area contributed by atoms with Crippen molar-refractivity contribution in [3.63, 3.8) is 0 Å². The predicted molar refractivity (Wildman–Crippen MR) is 82.3 cm³/mol. The Kier molecular flexibility index (Phi) is 5.43. The summed E-state index contributed by atoms with van der Waals surface area (Å²) in [5.41, 5.74) is 0.856. The van der Waals surface area contributed by atoms with Gasteiger partial charge < -0.3 is 14.4 Å². The van der Waals surface area contributed by atoms with E-state index >= 15 is 0 Å². The van der Waals surface area contributed by atoms with E-state index in [9.17, 15) is 4.79 Å². The first-order valence-corrected chi connectivity index (χ1v) is 7.66. The van der Waals surface area contributed by atoms with Crippen LogP contribution in [0.3, 0.4) is 0 Å². The Balaban J connectivity index is 2.08. The van der Waals surface area contributed by atoms with Crippen LogP contribution in [0.2, 0.25) is 0 Å². The van der Waals surface area contributed by atoms with Gasteiger partial charge in [0.25, 0.3) is 0 Å². The van der Waals surface area contributed by atoms with Crippen LogP contribution in [-0.4, -0.2) is 32.3 Å². The quantitative estimate of drug-likeness (QED) is 0.770. The van der Waals surface area contributed by atoms with Crippen molar-refractivity contribution in [2.24, 2.45) is 0 Å². The van der Waals surface area contributed by atoms with Crippen molar-refractivity contribution in [2.75, 3.05) is 25.2 Å². The number of benzene rings is 1. The van der Waals surface area contributed by atoms with Crippen LogP contribution in [0.5, 0.6) is 5.75 Å². The van der Waals surface area contributed by atoms with Gasteiger partial charge >= 0.3 is 0 Å². The third-order valence-corrected chi connectivity index (χ3v) is 3.76. The second-order valence-electron chi connectivity index (χ2n) is 4.99. The molecule has 0 radical (unpaired) electrons. The summed E-state index contributed by atoms with van der Waals surface area (Å²) in [7, 11) is 1.68. The molecule has 5 heteroatoms. The molecule has 0 N–H and O–H groups in total. The smallest absolute Gasteiger partial charge is 0.227 e. The fourth-order valence-corrected chi connectivity index (χ4v) is 2.65. The molecule has 0 spiro atoms. The van der Waals surface area contributed by atoms with E-state index in [1.807, 2.05) is 30.0 Å². The zero-order valence-corrected chi connectivity index (χ0v) is 13.5. The lowest BCUT2D eigenvalue weighted by Crippen LogP contribution is -2.42. The van der Waals surface area contributed by atoms with Crippen molar-refractivity contribution in [1.82, 2.24) is 0 Å². The normalized spacial score (nSPS) is 17.6. The topological polar surface area (TPSA) is 38.8 Å². The zero-order valence-electron chi connectivity index (χ0n) is 11.9. The molecule has 0 aliphatic carbocycles. The Labute approximate surface area is 128 Å². The van der Waals surface area contributed by atoms with Crippen molar-refractivity contribution in [1.29, 1.82) is 0 Å². The highest BCUT2D eigenvalue weighted by Gasteiger charge is 2.27. The van der Waals surface area contributed by atoms with Crippen molar-refractivity contribution in [3.05, 3.63) is 22.7 Å². The van der Waals surface area contributed by atoms with Crippen molar-refractivity contribution in [2.45, 2.75) is 32.3 Å². The van der Waals surface area contributed by atoms with Gasteiger partial charge in [0.2, 0.25) is 5.91 Å². The van der Waals surface area contributed by atoms with Gasteiger partial charge in [-0.25, -0.2) is 0 Å². The molecule has 0 saturated carbocycles. The van der Waals surface area contributed by atoms with E-state index in [0.717, 1.165) is 28.8 Å². The minimum atomic E-state index is 0.0200. The van der Waals surface area contributed by atoms with E-state index in [1.165, 1.54) is 0 Å². The summed E-state index contributed by atoms with van der Waals surface area (Å²) in [5, 5.41) is 0. The molecule has 0 aromatic heterocycles. The minimum Gasteiger partial charge on any atom is -0.487 e. The van der Waals surface area contributed by atoms with Gasteiger partial charge in [-0.05, 0) is 38.0 Å². The van der Waals surface area contributed by atoms with Gasteiger partial charge in [-0.2, -0.15) is 0 Å². The van der Waals surface area contributed by atoms with Crippen molar-refractivity contribution in [3.8, 4) is 5.75 Å². The molecule has 1 aromatic rings. The molecule has 1 atom stereocenters. The molecule has 0 saturated heterocycles. The van der Waals surface area contributed by atoms with Crippen LogP contribution in [-0.2, 0) is 9.53 Å². The van der Waals surface area contributed by atoms with Gasteiger partial charge in [0.05, 0.1) is 12.2 Å². The Morgan fingerprint density at radius 1 is 1.50 bits per heavy atom. The van der Waals surface area contributed by atoms with E-state index in [0.29, 0.717) is 19.6 Å². The minimum absolute atomic E-state index is 0.0200. The first-order valence-electron chi connectivity index (χ1n) is 6.87. The van der Waals surface area contributed by atoms with Crippen LogP contribution in [0.25, 0.3) is 0 Å². The number of methoxy groups -OCH3 is 1. The maximum Gasteiger partial charge on any atom is 0.227 e. The number of unbranched alkanes of at least 4 members (excludes halogenated alkanes) is 1. The molecule has 20 heavy (non-hydrogen) atoms. The van der Waals surface area contributed by atoms with Crippen LogP contribution in [0.4, 0.5) is 5.69 Å². The van der Waals surface area contributed by atoms with Gasteiger partial charge in [0, 0.05) is 24.6 Å². The summed E-state index contributed by atoms with van der Waals surface area (Å²) in [6, 6.07) is 5.77. The summed E-state index contributed by atoms with van der Waals surface area (Å²) < 4.78 is 11.7. The number of halogens is 1. The molecule has 4 nitrogen and oxygen atoms in total. The van der Waals surface area contributed by atoms with Crippen LogP contribution in [0, 0.1) is 0 Å². The summed E-state index contributed by atoms with van der Waals surface area (Å²) in [5.74, 6) is 0.924. The lowest BCUT2D eigenvalue weighted by molar-refractivity contribution is -0.119. The highest BCUT2D eigenvalue weighted by Crippen LogP contribution is 2.36. The van der Waals surface area contributed by atoms with Crippen LogP contribution < -0.4 is 9.64 Å². The van der Waals surface area contributed by atoms with Crippen LogP contribution >= 0.6 is 15.9 Å². The largest absolute Gasteiger partial charge is 0.487 e. The number of carbonyl (C=O) groups is 1. The highest BCUT2D eigenvalue weighted by molar-refractivity contribution is 9.10. The van der Waals surface area contributed by atoms with E-state index in [1.54, 1.807) is 7.11 Å². The van der Waals surface area contributed by atoms with Gasteiger partial charge in [-0.1, -0.05) is 15.9 Å². The molecule has 2 rings (SSSR count). The molecule has 0 bridgehead atoms. The van der Waals surface area contributed by atoms with Gasteiger partial charge in [0.15, 0.2) is 0 Å². The van der Waals surface area contributed by atoms with Crippen molar-refractivity contribution >= 4 is 27.5 Å². The van der Waals surface area contributed by atoms with E-state index in [4.69, 9.17) is 9.47 Å².